The Balaban J connectivity index is 1.74. The number of aromatic nitrogens is 1. The van der Waals surface area contributed by atoms with Gasteiger partial charge in [-0.05, 0) is 37.6 Å². The Morgan fingerprint density at radius 1 is 1.33 bits per heavy atom. The lowest BCUT2D eigenvalue weighted by Crippen LogP contribution is -2.33. The molecule has 2 aromatic heterocycles. The van der Waals surface area contributed by atoms with E-state index in [0.717, 1.165) is 33.7 Å². The number of fused-ring (bicyclic) bond motifs is 1. The highest BCUT2D eigenvalue weighted by Gasteiger charge is 2.24. The number of amides is 1. The summed E-state index contributed by atoms with van der Waals surface area (Å²) in [6.07, 6.45) is 1.35. The minimum Gasteiger partial charge on any atom is -0.435 e. The van der Waals surface area contributed by atoms with Crippen LogP contribution in [0, 0.1) is 12.8 Å². The first kappa shape index (κ1) is 15.1. The van der Waals surface area contributed by atoms with Crippen LogP contribution < -0.4 is 5.43 Å². The molecule has 1 aliphatic heterocycles. The van der Waals surface area contributed by atoms with Crippen molar-refractivity contribution in [1.82, 2.24) is 10.4 Å². The molecule has 122 valence electrons. The third kappa shape index (κ3) is 2.63. The van der Waals surface area contributed by atoms with Gasteiger partial charge < -0.3 is 4.42 Å². The van der Waals surface area contributed by atoms with Gasteiger partial charge in [-0.15, -0.1) is 11.3 Å². The molecule has 0 aliphatic carbocycles. The predicted octanol–water partition coefficient (Wildman–Crippen LogP) is 4.11. The summed E-state index contributed by atoms with van der Waals surface area (Å²) in [5.74, 6) is 0.756. The van der Waals surface area contributed by atoms with Gasteiger partial charge in [0.2, 0.25) is 11.8 Å². The molecule has 6 heteroatoms. The maximum atomic E-state index is 11.5. The van der Waals surface area contributed by atoms with E-state index < -0.39 is 0 Å². The summed E-state index contributed by atoms with van der Waals surface area (Å²) >= 11 is 1.67. The van der Waals surface area contributed by atoms with Crippen molar-refractivity contribution < 1.29 is 9.21 Å². The number of rotatable bonds is 3. The molecule has 5 nitrogen and oxygen atoms in total. The Morgan fingerprint density at radius 2 is 2.21 bits per heavy atom. The maximum Gasteiger partial charge on any atom is 0.240 e. The molecule has 0 fully saturated rings. The van der Waals surface area contributed by atoms with Crippen molar-refractivity contribution in [2.45, 2.75) is 26.7 Å². The summed E-state index contributed by atoms with van der Waals surface area (Å²) in [6.45, 7) is 4.14. The molecular weight excluding hydrogens is 322 g/mol. The third-order valence-corrected chi connectivity index (χ3v) is 5.24. The number of carbonyl (C=O) groups is 1. The van der Waals surface area contributed by atoms with E-state index in [-0.39, 0.29) is 11.8 Å². The van der Waals surface area contributed by atoms with Crippen molar-refractivity contribution in [2.75, 3.05) is 0 Å². The van der Waals surface area contributed by atoms with E-state index in [1.54, 1.807) is 11.3 Å². The van der Waals surface area contributed by atoms with Gasteiger partial charge >= 0.3 is 0 Å². The summed E-state index contributed by atoms with van der Waals surface area (Å²) in [5.41, 5.74) is 6.03. The number of hydrogen-bond donors (Lipinski definition) is 1. The number of benzene rings is 1. The Bertz CT molecular complexity index is 954. The fourth-order valence-corrected chi connectivity index (χ4v) is 3.75. The largest absolute Gasteiger partial charge is 0.435 e. The van der Waals surface area contributed by atoms with Crippen molar-refractivity contribution in [2.24, 2.45) is 11.0 Å². The van der Waals surface area contributed by atoms with Gasteiger partial charge in [0.1, 0.15) is 5.52 Å². The fourth-order valence-electron chi connectivity index (χ4n) is 2.96. The van der Waals surface area contributed by atoms with Crippen LogP contribution in [0.5, 0.6) is 0 Å². The van der Waals surface area contributed by atoms with E-state index >= 15 is 0 Å². The van der Waals surface area contributed by atoms with Gasteiger partial charge in [0.25, 0.3) is 0 Å². The number of hydrazone groups is 1. The quantitative estimate of drug-likeness (QED) is 0.780. The molecule has 1 aliphatic rings. The standard InChI is InChI=1S/C18H17N3O2S/c1-3-11-9-16(22)20-21-17(11)12-5-6-13-14(8-12)23-18(19-13)15-7-4-10(2)24-15/h4-8,11H,3,9H2,1-2H3,(H,20,22). The molecule has 0 saturated heterocycles. The highest BCUT2D eigenvalue weighted by Crippen LogP contribution is 2.31. The average molecular weight is 339 g/mol. The molecular formula is C18H17N3O2S. The van der Waals surface area contributed by atoms with Crippen molar-refractivity contribution in [3.63, 3.8) is 0 Å². The fraction of sp³-hybridized carbons (Fsp3) is 0.278. The van der Waals surface area contributed by atoms with Gasteiger partial charge in [-0.2, -0.15) is 5.10 Å². The summed E-state index contributed by atoms with van der Waals surface area (Å²) in [5, 5.41) is 4.27. The summed E-state index contributed by atoms with van der Waals surface area (Å²) in [6, 6.07) is 9.99. The number of aryl methyl sites for hydroxylation is 1. The second kappa shape index (κ2) is 5.87. The Morgan fingerprint density at radius 3 is 2.96 bits per heavy atom. The van der Waals surface area contributed by atoms with E-state index in [4.69, 9.17) is 4.42 Å². The summed E-state index contributed by atoms with van der Waals surface area (Å²) < 4.78 is 5.95. The summed E-state index contributed by atoms with van der Waals surface area (Å²) in [4.78, 5) is 18.4. The number of nitrogens with one attached hydrogen (secondary N) is 1. The lowest BCUT2D eigenvalue weighted by atomic mass is 9.90. The lowest BCUT2D eigenvalue weighted by Gasteiger charge is -2.21. The van der Waals surface area contributed by atoms with Gasteiger partial charge in [-0.25, -0.2) is 10.4 Å². The first-order valence-corrected chi connectivity index (χ1v) is 8.80. The molecule has 0 bridgehead atoms. The molecule has 1 amide bonds. The zero-order valence-corrected chi connectivity index (χ0v) is 14.3. The molecule has 1 unspecified atom stereocenters. The van der Waals surface area contributed by atoms with E-state index in [9.17, 15) is 4.79 Å². The molecule has 0 radical (unpaired) electrons. The summed E-state index contributed by atoms with van der Waals surface area (Å²) in [7, 11) is 0. The molecule has 1 N–H and O–H groups in total. The van der Waals surface area contributed by atoms with Crippen LogP contribution in [0.2, 0.25) is 0 Å². The Labute approximate surface area is 143 Å². The maximum absolute atomic E-state index is 11.5. The second-order valence-electron chi connectivity index (χ2n) is 5.95. The monoisotopic (exact) mass is 339 g/mol. The minimum atomic E-state index is -0.0262. The average Bonchev–Trinajstić information content (AvgIpc) is 3.19. The number of oxazole rings is 1. The topological polar surface area (TPSA) is 67.5 Å². The highest BCUT2D eigenvalue weighted by atomic mass is 32.1. The number of carbonyl (C=O) groups excluding carboxylic acids is 1. The zero-order chi connectivity index (χ0) is 16.7. The van der Waals surface area contributed by atoms with Crippen molar-refractivity contribution in [1.29, 1.82) is 0 Å². The number of nitrogens with zero attached hydrogens (tertiary/aromatic N) is 2. The van der Waals surface area contributed by atoms with Crippen LogP contribution in [-0.2, 0) is 4.79 Å². The first-order chi connectivity index (χ1) is 11.6. The molecule has 1 aromatic carbocycles. The SMILES string of the molecule is CCC1CC(=O)NN=C1c1ccc2nc(-c3ccc(C)s3)oc2c1. The normalized spacial score (nSPS) is 17.8. The van der Waals surface area contributed by atoms with Crippen LogP contribution in [0.15, 0.2) is 39.9 Å². The first-order valence-electron chi connectivity index (χ1n) is 7.98. The van der Waals surface area contributed by atoms with Crippen LogP contribution in [0.25, 0.3) is 21.9 Å². The van der Waals surface area contributed by atoms with Crippen LogP contribution in [0.4, 0.5) is 0 Å². The molecule has 3 aromatic rings. The van der Waals surface area contributed by atoms with E-state index in [1.807, 2.05) is 24.3 Å². The Kier molecular flexibility index (Phi) is 3.69. The molecule has 1 atom stereocenters. The highest BCUT2D eigenvalue weighted by molar-refractivity contribution is 7.15. The number of thiophene rings is 1. The molecule has 3 heterocycles. The van der Waals surface area contributed by atoms with Gasteiger partial charge in [-0.3, -0.25) is 4.79 Å². The van der Waals surface area contributed by atoms with E-state index in [2.05, 4.69) is 35.4 Å². The van der Waals surface area contributed by atoms with E-state index in [1.165, 1.54) is 4.88 Å². The lowest BCUT2D eigenvalue weighted by molar-refractivity contribution is -0.122. The molecule has 24 heavy (non-hydrogen) atoms. The second-order valence-corrected chi connectivity index (χ2v) is 7.24. The third-order valence-electron chi connectivity index (χ3n) is 4.25. The van der Waals surface area contributed by atoms with Gasteiger partial charge in [0.05, 0.1) is 10.6 Å². The minimum absolute atomic E-state index is 0.0262. The molecule has 0 spiro atoms. The van der Waals surface area contributed by atoms with Crippen LogP contribution in [-0.4, -0.2) is 16.6 Å². The van der Waals surface area contributed by atoms with Crippen molar-refractivity contribution in [3.8, 4) is 10.8 Å². The van der Waals surface area contributed by atoms with Gasteiger partial charge in [0.15, 0.2) is 5.58 Å². The van der Waals surface area contributed by atoms with E-state index in [0.29, 0.717) is 12.3 Å². The van der Waals surface area contributed by atoms with Crippen LogP contribution in [0.3, 0.4) is 0 Å². The predicted molar refractivity (Wildman–Crippen MR) is 95.1 cm³/mol. The van der Waals surface area contributed by atoms with Crippen LogP contribution in [0.1, 0.15) is 30.2 Å². The van der Waals surface area contributed by atoms with Crippen LogP contribution >= 0.6 is 11.3 Å². The zero-order valence-electron chi connectivity index (χ0n) is 13.5. The smallest absolute Gasteiger partial charge is 0.240 e. The van der Waals surface area contributed by atoms with Crippen molar-refractivity contribution >= 4 is 34.1 Å². The number of hydrogen-bond acceptors (Lipinski definition) is 5. The van der Waals surface area contributed by atoms with Gasteiger partial charge in [-0.1, -0.05) is 13.0 Å². The Hall–Kier alpha value is -2.47. The van der Waals surface area contributed by atoms with Gasteiger partial charge in [0, 0.05) is 22.8 Å². The molecule has 0 saturated carbocycles. The van der Waals surface area contributed by atoms with Crippen molar-refractivity contribution in [3.05, 3.63) is 40.8 Å². The molecule has 4 rings (SSSR count).